The predicted molar refractivity (Wildman–Crippen MR) is 102 cm³/mol. The first-order chi connectivity index (χ1) is 13.6. The number of nitrogens with one attached hydrogen (secondary N) is 1. The molecule has 4 rings (SSSR count). The molecular formula is C19H27N7O2. The van der Waals surface area contributed by atoms with Gasteiger partial charge in [0.1, 0.15) is 0 Å². The van der Waals surface area contributed by atoms with Crippen LogP contribution < -0.4 is 5.32 Å². The minimum Gasteiger partial charge on any atom is -0.348 e. The summed E-state index contributed by atoms with van der Waals surface area (Å²) < 4.78 is 3.48. The number of aryl methyl sites for hydroxylation is 2. The van der Waals surface area contributed by atoms with E-state index < -0.39 is 0 Å². The second kappa shape index (κ2) is 8.12. The molecule has 1 atom stereocenters. The normalized spacial score (nSPS) is 19.6. The van der Waals surface area contributed by atoms with E-state index >= 15 is 0 Å². The zero-order valence-corrected chi connectivity index (χ0v) is 16.3. The predicted octanol–water partition coefficient (Wildman–Crippen LogP) is 1.47. The fraction of sp³-hybridized carbons (Fsp3) is 0.632. The average molecular weight is 385 g/mol. The third-order valence-corrected chi connectivity index (χ3v) is 5.47. The van der Waals surface area contributed by atoms with Crippen LogP contribution in [0.15, 0.2) is 18.6 Å². The fourth-order valence-electron chi connectivity index (χ4n) is 3.66. The van der Waals surface area contributed by atoms with Crippen molar-refractivity contribution in [2.45, 2.75) is 70.6 Å². The highest BCUT2D eigenvalue weighted by atomic mass is 16.2. The maximum atomic E-state index is 12.9. The van der Waals surface area contributed by atoms with E-state index in [9.17, 15) is 9.59 Å². The summed E-state index contributed by atoms with van der Waals surface area (Å²) in [5.41, 5.74) is 1.00. The van der Waals surface area contributed by atoms with Gasteiger partial charge in [-0.1, -0.05) is 5.21 Å². The van der Waals surface area contributed by atoms with Crippen LogP contribution in [0, 0.1) is 0 Å². The second-order valence-corrected chi connectivity index (χ2v) is 7.64. The van der Waals surface area contributed by atoms with E-state index in [1.807, 2.05) is 18.0 Å². The zero-order valence-electron chi connectivity index (χ0n) is 16.3. The van der Waals surface area contributed by atoms with Crippen LogP contribution in [-0.4, -0.2) is 60.1 Å². The van der Waals surface area contributed by atoms with Crippen molar-refractivity contribution in [3.05, 3.63) is 29.8 Å². The maximum Gasteiger partial charge on any atom is 0.273 e. The van der Waals surface area contributed by atoms with Gasteiger partial charge in [0.05, 0.1) is 18.0 Å². The Hall–Kier alpha value is -2.71. The number of likely N-dealkylation sites (tertiary alicyclic amines) is 1. The zero-order chi connectivity index (χ0) is 19.5. The van der Waals surface area contributed by atoms with E-state index in [1.165, 1.54) is 0 Å². The molecule has 1 aliphatic carbocycles. The summed E-state index contributed by atoms with van der Waals surface area (Å²) in [7, 11) is 0. The van der Waals surface area contributed by atoms with Gasteiger partial charge in [-0.05, 0) is 45.4 Å². The van der Waals surface area contributed by atoms with Crippen molar-refractivity contribution < 1.29 is 9.59 Å². The molecule has 0 radical (unpaired) electrons. The minimum absolute atomic E-state index is 0.0486. The second-order valence-electron chi connectivity index (χ2n) is 7.64. The Morgan fingerprint density at radius 1 is 1.18 bits per heavy atom. The molecule has 1 saturated heterocycles. The number of hydrogen-bond acceptors (Lipinski definition) is 5. The first-order valence-corrected chi connectivity index (χ1v) is 10.2. The number of carbonyl (C=O) groups is 2. The minimum atomic E-state index is -0.156. The summed E-state index contributed by atoms with van der Waals surface area (Å²) in [5.74, 6) is -0.108. The van der Waals surface area contributed by atoms with E-state index in [1.54, 1.807) is 21.8 Å². The molecule has 2 fully saturated rings. The molecule has 1 unspecified atom stereocenters. The van der Waals surface area contributed by atoms with Gasteiger partial charge in [0.2, 0.25) is 0 Å². The fourth-order valence-corrected chi connectivity index (χ4v) is 3.66. The molecule has 1 N–H and O–H groups in total. The van der Waals surface area contributed by atoms with Crippen molar-refractivity contribution in [2.75, 3.05) is 6.54 Å². The van der Waals surface area contributed by atoms with Crippen molar-refractivity contribution in [2.24, 2.45) is 0 Å². The summed E-state index contributed by atoms with van der Waals surface area (Å²) in [5, 5.41) is 15.2. The number of amides is 2. The standard InChI is InChI=1S/C19H27N7O2/c1-2-24-12-14(11-20-24)19(28)26-9-4-3-5-16(26)8-10-25-13-17(22-23-25)18(27)21-15-6-7-15/h11-13,15-16H,2-10H2,1H3,(H,21,27). The molecule has 2 aliphatic rings. The lowest BCUT2D eigenvalue weighted by Crippen LogP contribution is -2.44. The van der Waals surface area contributed by atoms with Crippen molar-refractivity contribution >= 4 is 11.8 Å². The molecule has 150 valence electrons. The van der Waals surface area contributed by atoms with Crippen molar-refractivity contribution in [3.8, 4) is 0 Å². The van der Waals surface area contributed by atoms with Gasteiger partial charge < -0.3 is 10.2 Å². The Balaban J connectivity index is 1.36. The van der Waals surface area contributed by atoms with Gasteiger partial charge in [-0.15, -0.1) is 5.10 Å². The maximum absolute atomic E-state index is 12.9. The Morgan fingerprint density at radius 3 is 2.79 bits per heavy atom. The van der Waals surface area contributed by atoms with Gasteiger partial charge in [0, 0.05) is 37.9 Å². The molecule has 0 aromatic carbocycles. The topological polar surface area (TPSA) is 97.9 Å². The molecular weight excluding hydrogens is 358 g/mol. The molecule has 28 heavy (non-hydrogen) atoms. The van der Waals surface area contributed by atoms with E-state index in [0.29, 0.717) is 23.8 Å². The van der Waals surface area contributed by atoms with Crippen LogP contribution in [0.5, 0.6) is 0 Å². The summed E-state index contributed by atoms with van der Waals surface area (Å²) in [6.07, 6.45) is 11.2. The molecule has 3 heterocycles. The van der Waals surface area contributed by atoms with Crippen LogP contribution in [0.3, 0.4) is 0 Å². The van der Waals surface area contributed by atoms with Crippen LogP contribution in [0.25, 0.3) is 0 Å². The van der Waals surface area contributed by atoms with Crippen molar-refractivity contribution in [1.82, 2.24) is 35.0 Å². The lowest BCUT2D eigenvalue weighted by molar-refractivity contribution is 0.0593. The number of carbonyl (C=O) groups excluding carboxylic acids is 2. The van der Waals surface area contributed by atoms with Gasteiger partial charge >= 0.3 is 0 Å². The molecule has 9 heteroatoms. The van der Waals surface area contributed by atoms with Crippen LogP contribution in [0.4, 0.5) is 0 Å². The van der Waals surface area contributed by atoms with Gasteiger partial charge in [-0.3, -0.25) is 19.0 Å². The smallest absolute Gasteiger partial charge is 0.273 e. The van der Waals surface area contributed by atoms with E-state index in [2.05, 4.69) is 20.7 Å². The number of piperidine rings is 1. The monoisotopic (exact) mass is 385 g/mol. The molecule has 2 amide bonds. The third kappa shape index (κ3) is 4.23. The number of nitrogens with zero attached hydrogens (tertiary/aromatic N) is 6. The molecule has 9 nitrogen and oxygen atoms in total. The molecule has 1 saturated carbocycles. The van der Waals surface area contributed by atoms with Crippen LogP contribution in [0.2, 0.25) is 0 Å². The number of rotatable bonds is 7. The van der Waals surface area contributed by atoms with Crippen molar-refractivity contribution in [3.63, 3.8) is 0 Å². The Kier molecular flexibility index (Phi) is 5.40. The van der Waals surface area contributed by atoms with Gasteiger partial charge in [0.25, 0.3) is 11.8 Å². The lowest BCUT2D eigenvalue weighted by atomic mass is 9.98. The lowest BCUT2D eigenvalue weighted by Gasteiger charge is -2.35. The highest BCUT2D eigenvalue weighted by Crippen LogP contribution is 2.23. The SMILES string of the molecule is CCn1cc(C(=O)N2CCCCC2CCn2cc(C(=O)NC3CC3)nn2)cn1. The third-order valence-electron chi connectivity index (χ3n) is 5.47. The summed E-state index contributed by atoms with van der Waals surface area (Å²) >= 11 is 0. The number of aromatic nitrogens is 5. The summed E-state index contributed by atoms with van der Waals surface area (Å²) in [4.78, 5) is 27.0. The quantitative estimate of drug-likeness (QED) is 0.778. The van der Waals surface area contributed by atoms with Gasteiger partial charge in [-0.2, -0.15) is 5.10 Å². The Morgan fingerprint density at radius 2 is 2.04 bits per heavy atom. The Bertz CT molecular complexity index is 839. The largest absolute Gasteiger partial charge is 0.348 e. The summed E-state index contributed by atoms with van der Waals surface area (Å²) in [6.45, 7) is 4.15. The van der Waals surface area contributed by atoms with Gasteiger partial charge in [0.15, 0.2) is 5.69 Å². The first kappa shape index (κ1) is 18.6. The molecule has 0 spiro atoms. The highest BCUT2D eigenvalue weighted by molar-refractivity contribution is 5.94. The number of hydrogen-bond donors (Lipinski definition) is 1. The van der Waals surface area contributed by atoms with Crippen LogP contribution in [0.1, 0.15) is 66.3 Å². The van der Waals surface area contributed by atoms with Gasteiger partial charge in [-0.25, -0.2) is 0 Å². The van der Waals surface area contributed by atoms with E-state index in [4.69, 9.17) is 0 Å². The van der Waals surface area contributed by atoms with Crippen LogP contribution >= 0.6 is 0 Å². The summed E-state index contributed by atoms with van der Waals surface area (Å²) in [6, 6.07) is 0.468. The van der Waals surface area contributed by atoms with E-state index in [0.717, 1.165) is 51.6 Å². The molecule has 0 bridgehead atoms. The van der Waals surface area contributed by atoms with Crippen LogP contribution in [-0.2, 0) is 13.1 Å². The molecule has 1 aliphatic heterocycles. The average Bonchev–Trinajstić information content (AvgIpc) is 3.22. The Labute approximate surface area is 164 Å². The highest BCUT2D eigenvalue weighted by Gasteiger charge is 2.28. The van der Waals surface area contributed by atoms with E-state index in [-0.39, 0.29) is 17.9 Å². The van der Waals surface area contributed by atoms with Crippen molar-refractivity contribution in [1.29, 1.82) is 0 Å². The molecule has 2 aromatic heterocycles. The first-order valence-electron chi connectivity index (χ1n) is 10.2. The molecule has 2 aromatic rings.